The van der Waals surface area contributed by atoms with Crippen molar-refractivity contribution in [1.29, 1.82) is 0 Å². The van der Waals surface area contributed by atoms with Gasteiger partial charge in [0.2, 0.25) is 5.91 Å². The average Bonchev–Trinajstić information content (AvgIpc) is 3.25. The Kier molecular flexibility index (Phi) is 3.50. The van der Waals surface area contributed by atoms with Crippen LogP contribution in [-0.2, 0) is 6.54 Å². The molecule has 3 nitrogen and oxygen atoms in total. The normalized spacial score (nSPS) is 18.8. The van der Waals surface area contributed by atoms with E-state index in [1.807, 2.05) is 6.07 Å². The topological polar surface area (TPSA) is 55.1 Å². The molecule has 102 valence electrons. The van der Waals surface area contributed by atoms with E-state index < -0.39 is 5.91 Å². The number of nitrogens with one attached hydrogen (secondary N) is 1. The summed E-state index contributed by atoms with van der Waals surface area (Å²) >= 11 is 6.20. The van der Waals surface area contributed by atoms with Crippen LogP contribution in [0.15, 0.2) is 18.2 Å². The Morgan fingerprint density at radius 1 is 1.32 bits per heavy atom. The molecule has 0 aliphatic heterocycles. The maximum atomic E-state index is 11.1. The predicted octanol–water partition coefficient (Wildman–Crippen LogP) is 2.72. The molecule has 4 heteroatoms. The highest BCUT2D eigenvalue weighted by Gasteiger charge is 2.40. The molecule has 3 N–H and O–H groups in total. The van der Waals surface area contributed by atoms with E-state index in [4.69, 9.17) is 17.3 Å². The van der Waals surface area contributed by atoms with Crippen LogP contribution in [0, 0.1) is 11.8 Å². The van der Waals surface area contributed by atoms with Gasteiger partial charge in [0.05, 0.1) is 0 Å². The number of primary amides is 1. The Bertz CT molecular complexity index is 483. The SMILES string of the molecule is NC(=O)c1ccc(CNC(C2CC2)C2CC2)c(Cl)c1. The molecule has 0 atom stereocenters. The Labute approximate surface area is 118 Å². The second-order valence-electron chi connectivity index (χ2n) is 5.75. The first-order valence-corrected chi connectivity index (χ1v) is 7.34. The highest BCUT2D eigenvalue weighted by molar-refractivity contribution is 6.31. The molecule has 1 amide bonds. The van der Waals surface area contributed by atoms with Crippen molar-refractivity contribution in [3.63, 3.8) is 0 Å². The van der Waals surface area contributed by atoms with Gasteiger partial charge in [0.1, 0.15) is 0 Å². The molecule has 3 rings (SSSR count). The first kappa shape index (κ1) is 12.9. The van der Waals surface area contributed by atoms with Crippen LogP contribution in [0.2, 0.25) is 5.02 Å². The summed E-state index contributed by atoms with van der Waals surface area (Å²) in [5.41, 5.74) is 6.74. The van der Waals surface area contributed by atoms with E-state index >= 15 is 0 Å². The minimum absolute atomic E-state index is 0.435. The summed E-state index contributed by atoms with van der Waals surface area (Å²) in [6.07, 6.45) is 5.45. The quantitative estimate of drug-likeness (QED) is 0.841. The summed E-state index contributed by atoms with van der Waals surface area (Å²) in [5.74, 6) is 1.31. The van der Waals surface area contributed by atoms with E-state index in [9.17, 15) is 4.79 Å². The fourth-order valence-electron chi connectivity index (χ4n) is 2.70. The summed E-state index contributed by atoms with van der Waals surface area (Å²) in [4.78, 5) is 11.1. The number of rotatable bonds is 6. The Hall–Kier alpha value is -1.06. The number of carbonyl (C=O) groups is 1. The van der Waals surface area contributed by atoms with Gasteiger partial charge in [-0.15, -0.1) is 0 Å². The summed E-state index contributed by atoms with van der Waals surface area (Å²) < 4.78 is 0. The van der Waals surface area contributed by atoms with Gasteiger partial charge in [-0.3, -0.25) is 4.79 Å². The molecule has 1 aromatic carbocycles. The average molecular weight is 279 g/mol. The van der Waals surface area contributed by atoms with Crippen molar-refractivity contribution in [2.24, 2.45) is 17.6 Å². The van der Waals surface area contributed by atoms with E-state index in [1.54, 1.807) is 12.1 Å². The third-order valence-corrected chi connectivity index (χ3v) is 4.48. The lowest BCUT2D eigenvalue weighted by atomic mass is 10.1. The largest absolute Gasteiger partial charge is 0.366 e. The highest BCUT2D eigenvalue weighted by atomic mass is 35.5. The lowest BCUT2D eigenvalue weighted by molar-refractivity contribution is 0.100. The molecule has 2 saturated carbocycles. The molecule has 0 heterocycles. The zero-order chi connectivity index (χ0) is 13.4. The molecule has 0 aromatic heterocycles. The first-order valence-electron chi connectivity index (χ1n) is 6.97. The predicted molar refractivity (Wildman–Crippen MR) is 76.0 cm³/mol. The van der Waals surface area contributed by atoms with Crippen molar-refractivity contribution in [2.45, 2.75) is 38.3 Å². The van der Waals surface area contributed by atoms with E-state index in [-0.39, 0.29) is 0 Å². The van der Waals surface area contributed by atoms with Gasteiger partial charge in [-0.05, 0) is 55.2 Å². The standard InChI is InChI=1S/C15H19ClN2O/c16-13-7-11(15(17)19)5-6-12(13)8-18-14(9-1-2-9)10-3-4-10/h5-7,9-10,14,18H,1-4,8H2,(H2,17,19). The second kappa shape index (κ2) is 5.14. The zero-order valence-electron chi connectivity index (χ0n) is 10.9. The van der Waals surface area contributed by atoms with Crippen molar-refractivity contribution in [2.75, 3.05) is 0 Å². The van der Waals surface area contributed by atoms with Crippen LogP contribution in [0.4, 0.5) is 0 Å². The fourth-order valence-corrected chi connectivity index (χ4v) is 2.95. The van der Waals surface area contributed by atoms with Gasteiger partial charge < -0.3 is 11.1 Å². The minimum Gasteiger partial charge on any atom is -0.366 e. The number of amides is 1. The molecule has 2 fully saturated rings. The Balaban J connectivity index is 1.64. The second-order valence-corrected chi connectivity index (χ2v) is 6.16. The summed E-state index contributed by atoms with van der Waals surface area (Å²) in [6.45, 7) is 0.773. The van der Waals surface area contributed by atoms with Crippen molar-refractivity contribution in [3.05, 3.63) is 34.3 Å². The van der Waals surface area contributed by atoms with Gasteiger partial charge >= 0.3 is 0 Å². The molecule has 2 aliphatic rings. The molecule has 2 aliphatic carbocycles. The summed E-state index contributed by atoms with van der Waals surface area (Å²) in [5, 5.41) is 4.27. The van der Waals surface area contributed by atoms with E-state index in [2.05, 4.69) is 5.32 Å². The lowest BCUT2D eigenvalue weighted by Crippen LogP contribution is -2.32. The molecule has 0 spiro atoms. The smallest absolute Gasteiger partial charge is 0.248 e. The van der Waals surface area contributed by atoms with Crippen molar-refractivity contribution >= 4 is 17.5 Å². The number of hydrogen-bond donors (Lipinski definition) is 2. The van der Waals surface area contributed by atoms with Crippen LogP contribution in [0.5, 0.6) is 0 Å². The van der Waals surface area contributed by atoms with Crippen LogP contribution >= 0.6 is 11.6 Å². The summed E-state index contributed by atoms with van der Waals surface area (Å²) in [6, 6.07) is 5.96. The van der Waals surface area contributed by atoms with Crippen LogP contribution in [-0.4, -0.2) is 11.9 Å². The van der Waals surface area contributed by atoms with Crippen LogP contribution in [0.25, 0.3) is 0 Å². The molecule has 1 aromatic rings. The van der Waals surface area contributed by atoms with Gasteiger partial charge in [-0.25, -0.2) is 0 Å². The maximum absolute atomic E-state index is 11.1. The number of hydrogen-bond acceptors (Lipinski definition) is 2. The molecular formula is C15H19ClN2O. The summed E-state index contributed by atoms with van der Waals surface area (Å²) in [7, 11) is 0. The van der Waals surface area contributed by atoms with Crippen LogP contribution in [0.1, 0.15) is 41.6 Å². The maximum Gasteiger partial charge on any atom is 0.248 e. The molecule has 0 bridgehead atoms. The lowest BCUT2D eigenvalue weighted by Gasteiger charge is -2.18. The van der Waals surface area contributed by atoms with E-state index in [1.165, 1.54) is 25.7 Å². The number of benzene rings is 1. The van der Waals surface area contributed by atoms with Crippen molar-refractivity contribution < 1.29 is 4.79 Å². The van der Waals surface area contributed by atoms with Gasteiger partial charge in [-0.2, -0.15) is 0 Å². The van der Waals surface area contributed by atoms with Crippen LogP contribution < -0.4 is 11.1 Å². The minimum atomic E-state index is -0.435. The van der Waals surface area contributed by atoms with Gasteiger partial charge in [0.25, 0.3) is 0 Å². The molecule has 0 saturated heterocycles. The number of carbonyl (C=O) groups excluding carboxylic acids is 1. The Morgan fingerprint density at radius 2 is 1.95 bits per heavy atom. The molecule has 19 heavy (non-hydrogen) atoms. The molecule has 0 radical (unpaired) electrons. The van der Waals surface area contributed by atoms with Crippen LogP contribution in [0.3, 0.4) is 0 Å². The van der Waals surface area contributed by atoms with Gasteiger partial charge in [0, 0.05) is 23.2 Å². The third-order valence-electron chi connectivity index (χ3n) is 4.13. The van der Waals surface area contributed by atoms with E-state index in [0.717, 1.165) is 23.9 Å². The third kappa shape index (κ3) is 3.10. The van der Waals surface area contributed by atoms with Gasteiger partial charge in [-0.1, -0.05) is 17.7 Å². The monoisotopic (exact) mass is 278 g/mol. The Morgan fingerprint density at radius 3 is 2.42 bits per heavy atom. The molecular weight excluding hydrogens is 260 g/mol. The molecule has 0 unspecified atom stereocenters. The number of halogens is 1. The highest BCUT2D eigenvalue weighted by Crippen LogP contribution is 2.44. The van der Waals surface area contributed by atoms with Crippen molar-refractivity contribution in [1.82, 2.24) is 5.32 Å². The van der Waals surface area contributed by atoms with Gasteiger partial charge in [0.15, 0.2) is 0 Å². The number of nitrogens with two attached hydrogens (primary N) is 1. The zero-order valence-corrected chi connectivity index (χ0v) is 11.6. The first-order chi connectivity index (χ1) is 9.15. The fraction of sp³-hybridized carbons (Fsp3) is 0.533. The van der Waals surface area contributed by atoms with Crippen molar-refractivity contribution in [3.8, 4) is 0 Å². The van der Waals surface area contributed by atoms with E-state index in [0.29, 0.717) is 16.6 Å².